The molecule has 2 atom stereocenters. The van der Waals surface area contributed by atoms with Crippen LogP contribution in [-0.4, -0.2) is 55.4 Å². The SMILES string of the molecule is Cc1ccc(N2CCN(S(=O)(=O)C[C@]34CC[C@H](CC3=O)C4(C)C)CC2)nc1. The van der Waals surface area contributed by atoms with Crippen molar-refractivity contribution in [1.82, 2.24) is 9.29 Å². The Balaban J connectivity index is 1.46. The Bertz CT molecular complexity index is 842. The van der Waals surface area contributed by atoms with Gasteiger partial charge in [0.05, 0.1) is 5.75 Å². The lowest BCUT2D eigenvalue weighted by atomic mass is 9.70. The molecule has 148 valence electrons. The first-order valence-electron chi connectivity index (χ1n) is 9.84. The Morgan fingerprint density at radius 1 is 1.19 bits per heavy atom. The fourth-order valence-electron chi connectivity index (χ4n) is 5.35. The molecule has 7 heteroatoms. The fraction of sp³-hybridized carbons (Fsp3) is 0.700. The van der Waals surface area contributed by atoms with Crippen LogP contribution in [0.25, 0.3) is 0 Å². The van der Waals surface area contributed by atoms with Gasteiger partial charge >= 0.3 is 0 Å². The van der Waals surface area contributed by atoms with E-state index in [-0.39, 0.29) is 17.0 Å². The molecule has 2 heterocycles. The molecule has 3 fully saturated rings. The third kappa shape index (κ3) is 2.90. The summed E-state index contributed by atoms with van der Waals surface area (Å²) in [5.41, 5.74) is 0.203. The van der Waals surface area contributed by atoms with E-state index in [2.05, 4.69) is 23.7 Å². The molecule has 6 nitrogen and oxygen atoms in total. The van der Waals surface area contributed by atoms with Gasteiger partial charge in [-0.1, -0.05) is 19.9 Å². The number of sulfonamides is 1. The molecule has 2 saturated carbocycles. The van der Waals surface area contributed by atoms with E-state index in [1.54, 1.807) is 4.31 Å². The first-order chi connectivity index (χ1) is 12.7. The van der Waals surface area contributed by atoms with Crippen LogP contribution in [0, 0.1) is 23.7 Å². The van der Waals surface area contributed by atoms with Crippen LogP contribution in [-0.2, 0) is 14.8 Å². The van der Waals surface area contributed by atoms with Crippen LogP contribution in [0.15, 0.2) is 18.3 Å². The summed E-state index contributed by atoms with van der Waals surface area (Å²) in [6, 6.07) is 4.01. The van der Waals surface area contributed by atoms with Gasteiger partial charge in [-0.15, -0.1) is 0 Å². The topological polar surface area (TPSA) is 70.6 Å². The first-order valence-corrected chi connectivity index (χ1v) is 11.5. The molecule has 1 aliphatic heterocycles. The summed E-state index contributed by atoms with van der Waals surface area (Å²) < 4.78 is 28.0. The third-order valence-electron chi connectivity index (χ3n) is 7.42. The molecule has 0 radical (unpaired) electrons. The smallest absolute Gasteiger partial charge is 0.215 e. The largest absolute Gasteiger partial charge is 0.354 e. The Morgan fingerprint density at radius 3 is 2.41 bits per heavy atom. The number of fused-ring (bicyclic) bond motifs is 2. The van der Waals surface area contributed by atoms with Crippen molar-refractivity contribution >= 4 is 21.6 Å². The molecule has 0 spiro atoms. The standard InChI is InChI=1S/C20H29N3O3S/c1-15-4-5-18(21-13-15)22-8-10-23(11-9-22)27(25,26)14-20-7-6-16(12-17(20)24)19(20,2)3/h4-5,13,16H,6-12,14H2,1-3H3/t16-,20-/m1/s1. The monoisotopic (exact) mass is 391 g/mol. The van der Waals surface area contributed by atoms with Gasteiger partial charge in [0.25, 0.3) is 0 Å². The van der Waals surface area contributed by atoms with Crippen molar-refractivity contribution in [2.24, 2.45) is 16.7 Å². The summed E-state index contributed by atoms with van der Waals surface area (Å²) in [4.78, 5) is 19.3. The molecule has 2 bridgehead atoms. The number of rotatable bonds is 4. The molecule has 1 saturated heterocycles. The van der Waals surface area contributed by atoms with Crippen LogP contribution in [0.5, 0.6) is 0 Å². The van der Waals surface area contributed by atoms with Gasteiger partial charge in [0, 0.05) is 44.2 Å². The quantitative estimate of drug-likeness (QED) is 0.787. The van der Waals surface area contributed by atoms with Crippen molar-refractivity contribution in [1.29, 1.82) is 0 Å². The highest BCUT2D eigenvalue weighted by molar-refractivity contribution is 7.89. The number of pyridine rings is 1. The zero-order valence-electron chi connectivity index (χ0n) is 16.4. The average molecular weight is 392 g/mol. The number of hydrogen-bond donors (Lipinski definition) is 0. The molecule has 27 heavy (non-hydrogen) atoms. The number of hydrogen-bond acceptors (Lipinski definition) is 5. The second kappa shape index (κ2) is 6.27. The van der Waals surface area contributed by atoms with Gasteiger partial charge < -0.3 is 4.90 Å². The van der Waals surface area contributed by atoms with E-state index in [4.69, 9.17) is 0 Å². The Labute approximate surface area is 162 Å². The molecule has 0 amide bonds. The predicted molar refractivity (Wildman–Crippen MR) is 105 cm³/mol. The molecule has 4 rings (SSSR count). The molecule has 0 aromatic carbocycles. The van der Waals surface area contributed by atoms with Gasteiger partial charge in [-0.25, -0.2) is 13.4 Å². The predicted octanol–water partition coefficient (Wildman–Crippen LogP) is 2.24. The number of piperazine rings is 1. The molecule has 2 aliphatic carbocycles. The van der Waals surface area contributed by atoms with E-state index in [1.807, 2.05) is 25.3 Å². The minimum Gasteiger partial charge on any atom is -0.354 e. The average Bonchev–Trinajstić information content (AvgIpc) is 2.96. The maximum absolute atomic E-state index is 13.2. The highest BCUT2D eigenvalue weighted by atomic mass is 32.2. The van der Waals surface area contributed by atoms with E-state index < -0.39 is 15.4 Å². The van der Waals surface area contributed by atoms with Crippen LogP contribution in [0.4, 0.5) is 5.82 Å². The maximum Gasteiger partial charge on any atom is 0.215 e. The van der Waals surface area contributed by atoms with Gasteiger partial charge in [-0.3, -0.25) is 4.79 Å². The van der Waals surface area contributed by atoms with Gasteiger partial charge in [-0.2, -0.15) is 4.31 Å². The van der Waals surface area contributed by atoms with E-state index in [0.29, 0.717) is 38.5 Å². The zero-order chi connectivity index (χ0) is 19.4. The van der Waals surface area contributed by atoms with Crippen molar-refractivity contribution in [2.45, 2.75) is 40.0 Å². The Kier molecular flexibility index (Phi) is 4.38. The third-order valence-corrected chi connectivity index (χ3v) is 9.43. The molecule has 1 aromatic heterocycles. The number of aromatic nitrogens is 1. The van der Waals surface area contributed by atoms with Gasteiger partial charge in [0.2, 0.25) is 10.0 Å². The Morgan fingerprint density at radius 2 is 1.89 bits per heavy atom. The summed E-state index contributed by atoms with van der Waals surface area (Å²) in [6.07, 6.45) is 4.08. The number of carbonyl (C=O) groups excluding carboxylic acids is 1. The lowest BCUT2D eigenvalue weighted by Gasteiger charge is -2.40. The van der Waals surface area contributed by atoms with E-state index >= 15 is 0 Å². The normalized spacial score (nSPS) is 30.9. The van der Waals surface area contributed by atoms with Crippen LogP contribution >= 0.6 is 0 Å². The second-order valence-corrected chi connectivity index (χ2v) is 11.0. The van der Waals surface area contributed by atoms with Crippen LogP contribution < -0.4 is 4.90 Å². The van der Waals surface area contributed by atoms with Crippen molar-refractivity contribution in [3.63, 3.8) is 0 Å². The number of aryl methyl sites for hydroxylation is 1. The summed E-state index contributed by atoms with van der Waals surface area (Å²) in [5, 5.41) is 0. The summed E-state index contributed by atoms with van der Waals surface area (Å²) in [5.74, 6) is 1.37. The van der Waals surface area contributed by atoms with Crippen molar-refractivity contribution < 1.29 is 13.2 Å². The second-order valence-electron chi connectivity index (χ2n) is 9.00. The summed E-state index contributed by atoms with van der Waals surface area (Å²) in [6.45, 7) is 8.33. The number of Topliss-reactive ketones (excluding diaryl/α,β-unsaturated/α-hetero) is 1. The highest BCUT2D eigenvalue weighted by Gasteiger charge is 2.65. The van der Waals surface area contributed by atoms with Crippen molar-refractivity contribution in [2.75, 3.05) is 36.8 Å². The van der Waals surface area contributed by atoms with Crippen molar-refractivity contribution in [3.05, 3.63) is 23.9 Å². The number of ketones is 1. The molecule has 0 unspecified atom stereocenters. The number of nitrogens with zero attached hydrogens (tertiary/aromatic N) is 3. The lowest BCUT2D eigenvalue weighted by molar-refractivity contribution is -0.128. The molecule has 0 N–H and O–H groups in total. The van der Waals surface area contributed by atoms with Crippen LogP contribution in [0.3, 0.4) is 0 Å². The van der Waals surface area contributed by atoms with Gasteiger partial charge in [-0.05, 0) is 42.7 Å². The number of carbonyl (C=O) groups is 1. The lowest BCUT2D eigenvalue weighted by Crippen LogP contribution is -2.53. The summed E-state index contributed by atoms with van der Waals surface area (Å²) >= 11 is 0. The molecular formula is C20H29N3O3S. The Hall–Kier alpha value is -1.47. The highest BCUT2D eigenvalue weighted by Crippen LogP contribution is 2.64. The maximum atomic E-state index is 13.2. The minimum atomic E-state index is -3.46. The molecule has 1 aromatic rings. The summed E-state index contributed by atoms with van der Waals surface area (Å²) in [7, 11) is -3.46. The first kappa shape index (κ1) is 18.9. The van der Waals surface area contributed by atoms with Crippen LogP contribution in [0.2, 0.25) is 0 Å². The minimum absolute atomic E-state index is 0.0227. The van der Waals surface area contributed by atoms with Gasteiger partial charge in [0.1, 0.15) is 11.6 Å². The zero-order valence-corrected chi connectivity index (χ0v) is 17.3. The van der Waals surface area contributed by atoms with Crippen molar-refractivity contribution in [3.8, 4) is 0 Å². The molecular weight excluding hydrogens is 362 g/mol. The van der Waals surface area contributed by atoms with E-state index in [9.17, 15) is 13.2 Å². The van der Waals surface area contributed by atoms with E-state index in [1.165, 1.54) is 0 Å². The number of anilines is 1. The molecule has 3 aliphatic rings. The van der Waals surface area contributed by atoms with Gasteiger partial charge in [0.15, 0.2) is 0 Å². The fourth-order valence-corrected chi connectivity index (χ4v) is 7.56. The van der Waals surface area contributed by atoms with E-state index in [0.717, 1.165) is 24.2 Å². The van der Waals surface area contributed by atoms with Crippen LogP contribution in [0.1, 0.15) is 38.7 Å².